The summed E-state index contributed by atoms with van der Waals surface area (Å²) in [5.41, 5.74) is -0.139. The van der Waals surface area contributed by atoms with Gasteiger partial charge in [-0.05, 0) is 62.4 Å². The molecule has 0 amide bonds. The number of alkyl halides is 3. The van der Waals surface area contributed by atoms with Gasteiger partial charge in [-0.15, -0.1) is 0 Å². The van der Waals surface area contributed by atoms with E-state index in [1.54, 1.807) is 0 Å². The highest BCUT2D eigenvalue weighted by molar-refractivity contribution is 6.30. The number of hydrogen-bond acceptors (Lipinski definition) is 5. The van der Waals surface area contributed by atoms with Gasteiger partial charge in [0.2, 0.25) is 5.95 Å². The van der Waals surface area contributed by atoms with Crippen molar-refractivity contribution in [2.75, 3.05) is 30.9 Å². The third-order valence-corrected chi connectivity index (χ3v) is 6.64. The smallest absolute Gasteiger partial charge is 0.362 e. The lowest BCUT2D eigenvalue weighted by Gasteiger charge is -2.29. The molecule has 4 rings (SSSR count). The summed E-state index contributed by atoms with van der Waals surface area (Å²) < 4.78 is 53.2. The first-order chi connectivity index (χ1) is 16.6. The number of nitrogens with zero attached hydrogens (tertiary/aromatic N) is 3. The van der Waals surface area contributed by atoms with E-state index in [9.17, 15) is 17.6 Å². The lowest BCUT2D eigenvalue weighted by atomic mass is 9.86. The maximum absolute atomic E-state index is 14.2. The number of rotatable bonds is 7. The van der Waals surface area contributed by atoms with Crippen LogP contribution in [0, 0.1) is 11.7 Å². The van der Waals surface area contributed by atoms with Gasteiger partial charge in [0, 0.05) is 37.6 Å². The minimum Gasteiger partial charge on any atom is -0.362 e. The molecule has 0 saturated heterocycles. The molecule has 1 aromatic heterocycles. The molecule has 0 bridgehead atoms. The van der Waals surface area contributed by atoms with Crippen LogP contribution >= 0.6 is 11.6 Å². The van der Waals surface area contributed by atoms with Gasteiger partial charge in [0.1, 0.15) is 11.6 Å². The van der Waals surface area contributed by atoms with Gasteiger partial charge < -0.3 is 15.5 Å². The summed E-state index contributed by atoms with van der Waals surface area (Å²) in [7, 11) is 3.91. The van der Waals surface area contributed by atoms with E-state index < -0.39 is 22.6 Å². The Labute approximate surface area is 214 Å². The second kappa shape index (κ2) is 11.6. The van der Waals surface area contributed by atoms with Gasteiger partial charge in [0.05, 0.1) is 16.1 Å². The summed E-state index contributed by atoms with van der Waals surface area (Å²) in [6.07, 6.45) is -0.859. The van der Waals surface area contributed by atoms with E-state index in [0.29, 0.717) is 24.5 Å². The molecular formula is C26H32ClF4N5. The summed E-state index contributed by atoms with van der Waals surface area (Å²) in [5, 5.41) is 7.05. The third kappa shape index (κ3) is 6.56. The molecule has 3 aromatic rings. The summed E-state index contributed by atoms with van der Waals surface area (Å²) in [4.78, 5) is 11.3. The minimum absolute atomic E-state index is 0. The fraction of sp³-hybridized carbons (Fsp3) is 0.462. The maximum Gasteiger partial charge on any atom is 0.416 e. The quantitative estimate of drug-likeness (QED) is 0.328. The lowest BCUT2D eigenvalue weighted by molar-refractivity contribution is -0.137. The van der Waals surface area contributed by atoms with Crippen molar-refractivity contribution in [3.8, 4) is 0 Å². The van der Waals surface area contributed by atoms with Crippen LogP contribution in [0.5, 0.6) is 0 Å². The Morgan fingerprint density at radius 2 is 1.75 bits per heavy atom. The average molecular weight is 526 g/mol. The molecule has 1 saturated carbocycles. The number of fused-ring (bicyclic) bond motifs is 1. The summed E-state index contributed by atoms with van der Waals surface area (Å²) in [6.45, 7) is 0.586. The van der Waals surface area contributed by atoms with E-state index in [2.05, 4.69) is 15.6 Å². The zero-order chi connectivity index (χ0) is 25.2. The van der Waals surface area contributed by atoms with Crippen molar-refractivity contribution in [1.82, 2.24) is 15.3 Å². The molecule has 36 heavy (non-hydrogen) atoms. The largest absolute Gasteiger partial charge is 0.416 e. The number of para-hydroxylation sites is 1. The molecule has 0 aliphatic heterocycles. The number of anilines is 2. The molecule has 2 N–H and O–H groups in total. The molecule has 5 nitrogen and oxygen atoms in total. The first kappa shape index (κ1) is 27.9. The molecule has 1 aliphatic rings. The van der Waals surface area contributed by atoms with E-state index in [1.165, 1.54) is 0 Å². The number of aromatic nitrogens is 2. The topological polar surface area (TPSA) is 53.1 Å². The number of halogens is 5. The second-order valence-electron chi connectivity index (χ2n) is 9.20. The van der Waals surface area contributed by atoms with Crippen molar-refractivity contribution in [3.63, 3.8) is 0 Å². The van der Waals surface area contributed by atoms with Crippen LogP contribution in [-0.2, 0) is 12.7 Å². The van der Waals surface area contributed by atoms with Crippen LogP contribution in [0.25, 0.3) is 10.9 Å². The summed E-state index contributed by atoms with van der Waals surface area (Å²) in [6, 6.07) is 9.58. The molecule has 10 heteroatoms. The van der Waals surface area contributed by atoms with E-state index in [1.807, 2.05) is 43.3 Å². The average Bonchev–Trinajstić information content (AvgIpc) is 2.81. The number of benzene rings is 2. The van der Waals surface area contributed by atoms with Crippen molar-refractivity contribution in [1.29, 1.82) is 0 Å². The Hall–Kier alpha value is -2.65. The monoisotopic (exact) mass is 525 g/mol. The molecule has 2 aromatic carbocycles. The van der Waals surface area contributed by atoms with Crippen molar-refractivity contribution < 1.29 is 17.6 Å². The highest BCUT2D eigenvalue weighted by atomic mass is 35.5. The van der Waals surface area contributed by atoms with Gasteiger partial charge in [0.25, 0.3) is 0 Å². The van der Waals surface area contributed by atoms with E-state index >= 15 is 0 Å². The fourth-order valence-electron chi connectivity index (χ4n) is 4.51. The molecule has 196 valence electrons. The van der Waals surface area contributed by atoms with Gasteiger partial charge in [-0.25, -0.2) is 9.37 Å². The van der Waals surface area contributed by atoms with Crippen LogP contribution in [0.1, 0.15) is 44.2 Å². The molecule has 0 atom stereocenters. The van der Waals surface area contributed by atoms with Gasteiger partial charge >= 0.3 is 6.18 Å². The van der Waals surface area contributed by atoms with Crippen LogP contribution in [0.2, 0.25) is 5.02 Å². The number of nitrogens with one attached hydrogen (secondary N) is 2. The SMILES string of the molecule is C.CN(C)c1nc(NC2CCC(CNCc3cc(C(F)(F)F)cc(Cl)c3F)CC2)nc2ccccc12. The standard InChI is InChI=1S/C25H28ClF4N5.CH4/c1-35(2)23-19-5-3-4-6-21(19)33-24(34-23)32-18-9-7-15(8-10-18)13-31-14-16-11-17(25(28,29)30)12-20(26)22(16)27;/h3-6,11-12,15,18,31H,7-10,13-14H2,1-2H3,(H,32,33,34);1H4. The van der Waals surface area contributed by atoms with Gasteiger partial charge in [-0.2, -0.15) is 18.2 Å². The van der Waals surface area contributed by atoms with Gasteiger partial charge in [-0.3, -0.25) is 0 Å². The summed E-state index contributed by atoms with van der Waals surface area (Å²) in [5.74, 6) is 1.00. The Morgan fingerprint density at radius 3 is 2.42 bits per heavy atom. The maximum atomic E-state index is 14.2. The van der Waals surface area contributed by atoms with Crippen LogP contribution in [0.4, 0.5) is 29.3 Å². The second-order valence-corrected chi connectivity index (χ2v) is 9.61. The van der Waals surface area contributed by atoms with Crippen molar-refractivity contribution >= 4 is 34.3 Å². The fourth-order valence-corrected chi connectivity index (χ4v) is 4.75. The van der Waals surface area contributed by atoms with Crippen LogP contribution in [-0.4, -0.2) is 36.6 Å². The van der Waals surface area contributed by atoms with Crippen LogP contribution < -0.4 is 15.5 Å². The van der Waals surface area contributed by atoms with Crippen molar-refractivity contribution in [2.45, 2.75) is 51.9 Å². The Bertz CT molecular complexity index is 1180. The number of hydrogen-bond donors (Lipinski definition) is 2. The normalized spacial score (nSPS) is 18.1. The zero-order valence-corrected chi connectivity index (χ0v) is 20.3. The molecule has 0 radical (unpaired) electrons. The first-order valence-corrected chi connectivity index (χ1v) is 12.0. The minimum atomic E-state index is -4.57. The summed E-state index contributed by atoms with van der Waals surface area (Å²) >= 11 is 5.67. The van der Waals surface area contributed by atoms with E-state index in [0.717, 1.165) is 48.5 Å². The molecule has 1 fully saturated rings. The molecular weight excluding hydrogens is 494 g/mol. The highest BCUT2D eigenvalue weighted by Crippen LogP contribution is 2.34. The predicted molar refractivity (Wildman–Crippen MR) is 138 cm³/mol. The molecule has 1 heterocycles. The van der Waals surface area contributed by atoms with Crippen LogP contribution in [0.15, 0.2) is 36.4 Å². The zero-order valence-electron chi connectivity index (χ0n) is 19.6. The Morgan fingerprint density at radius 1 is 1.06 bits per heavy atom. The van der Waals surface area contributed by atoms with E-state index in [4.69, 9.17) is 16.6 Å². The van der Waals surface area contributed by atoms with Gasteiger partial charge in [0.15, 0.2) is 0 Å². The van der Waals surface area contributed by atoms with Crippen molar-refractivity contribution in [3.05, 3.63) is 58.4 Å². The lowest BCUT2D eigenvalue weighted by Crippen LogP contribution is -2.32. The Balaban J connectivity index is 0.00000361. The molecule has 1 aliphatic carbocycles. The van der Waals surface area contributed by atoms with Crippen molar-refractivity contribution in [2.24, 2.45) is 5.92 Å². The predicted octanol–water partition coefficient (Wildman–Crippen LogP) is 6.90. The van der Waals surface area contributed by atoms with E-state index in [-0.39, 0.29) is 25.6 Å². The highest BCUT2D eigenvalue weighted by Gasteiger charge is 2.32. The van der Waals surface area contributed by atoms with Crippen LogP contribution in [0.3, 0.4) is 0 Å². The van der Waals surface area contributed by atoms with Gasteiger partial charge in [-0.1, -0.05) is 31.2 Å². The Kier molecular flexibility index (Phi) is 9.00. The first-order valence-electron chi connectivity index (χ1n) is 11.6. The third-order valence-electron chi connectivity index (χ3n) is 6.37. The molecule has 0 spiro atoms. The molecule has 0 unspecified atom stereocenters.